The average Bonchev–Trinajstić information content (AvgIpc) is 2.49. The van der Waals surface area contributed by atoms with E-state index in [1.54, 1.807) is 0 Å². The Kier molecular flexibility index (Phi) is 4.82. The molecule has 6 nitrogen and oxygen atoms in total. The van der Waals surface area contributed by atoms with Crippen molar-refractivity contribution in [2.24, 2.45) is 0 Å². The number of carbonyl (C=O) groups excluding carboxylic acids is 3. The zero-order chi connectivity index (χ0) is 10.3. The van der Waals surface area contributed by atoms with Gasteiger partial charge < -0.3 is 4.74 Å². The molecule has 0 unspecified atom stereocenters. The molecule has 1 heterocycles. The van der Waals surface area contributed by atoms with Crippen molar-refractivity contribution in [2.75, 3.05) is 0 Å². The van der Waals surface area contributed by atoms with E-state index in [2.05, 4.69) is 16.2 Å². The minimum absolute atomic E-state index is 0.579. The van der Waals surface area contributed by atoms with Crippen LogP contribution in [0.5, 0.6) is 0 Å². The molecular formula is C7H6O6. The summed E-state index contributed by atoms with van der Waals surface area (Å²) in [5.74, 6) is -2.00. The van der Waals surface area contributed by atoms with Gasteiger partial charge in [-0.2, -0.15) is 5.26 Å². The van der Waals surface area contributed by atoms with E-state index in [1.807, 2.05) is 0 Å². The largest absolute Gasteiger partial charge is 0.387 e. The highest BCUT2D eigenvalue weighted by Gasteiger charge is 2.10. The molecule has 70 valence electrons. The van der Waals surface area contributed by atoms with Crippen molar-refractivity contribution in [1.82, 2.24) is 0 Å². The summed E-state index contributed by atoms with van der Waals surface area (Å²) >= 11 is 0. The number of hydrogen-bond donors (Lipinski definition) is 1. The Labute approximate surface area is 73.0 Å². The van der Waals surface area contributed by atoms with Crippen LogP contribution < -0.4 is 0 Å². The van der Waals surface area contributed by atoms with Gasteiger partial charge in [-0.3, -0.25) is 4.89 Å². The van der Waals surface area contributed by atoms with Gasteiger partial charge in [-0.15, -0.1) is 0 Å². The molecule has 1 aliphatic heterocycles. The average molecular weight is 186 g/mol. The molecule has 0 fully saturated rings. The second kappa shape index (κ2) is 5.67. The Hall–Kier alpha value is -1.95. The maximum absolute atomic E-state index is 9.92. The Bertz CT molecular complexity index is 248. The lowest BCUT2D eigenvalue weighted by Gasteiger charge is -1.80. The van der Waals surface area contributed by atoms with Crippen molar-refractivity contribution in [3.63, 3.8) is 0 Å². The van der Waals surface area contributed by atoms with Crippen molar-refractivity contribution >= 4 is 17.9 Å². The van der Waals surface area contributed by atoms with Crippen molar-refractivity contribution in [1.29, 1.82) is 0 Å². The van der Waals surface area contributed by atoms with Gasteiger partial charge in [0.15, 0.2) is 0 Å². The van der Waals surface area contributed by atoms with Crippen molar-refractivity contribution in [3.8, 4) is 0 Å². The first-order valence-electron chi connectivity index (χ1n) is 3.01. The van der Waals surface area contributed by atoms with Gasteiger partial charge in [-0.1, -0.05) is 6.58 Å². The molecule has 0 radical (unpaired) electrons. The third-order valence-electron chi connectivity index (χ3n) is 0.813. The first-order chi connectivity index (χ1) is 6.10. The summed E-state index contributed by atoms with van der Waals surface area (Å²) in [6.45, 7) is 3.00. The molecule has 0 aromatic carbocycles. The van der Waals surface area contributed by atoms with E-state index in [9.17, 15) is 14.4 Å². The fourth-order valence-electron chi connectivity index (χ4n) is 0.341. The molecule has 6 heteroatoms. The highest BCUT2D eigenvalue weighted by molar-refractivity contribution is 6.04. The zero-order valence-electron chi connectivity index (χ0n) is 6.43. The van der Waals surface area contributed by atoms with E-state index < -0.39 is 17.9 Å². The fourth-order valence-corrected chi connectivity index (χ4v) is 0.341. The SMILES string of the molecule is C=CC(=O)OO.O=C1C=CC(=O)O1. The third-order valence-corrected chi connectivity index (χ3v) is 0.813. The normalized spacial score (nSPS) is 12.7. The minimum Gasteiger partial charge on any atom is -0.387 e. The van der Waals surface area contributed by atoms with Gasteiger partial charge >= 0.3 is 17.9 Å². The van der Waals surface area contributed by atoms with E-state index in [0.29, 0.717) is 0 Å². The maximum atomic E-state index is 9.92. The summed E-state index contributed by atoms with van der Waals surface area (Å²) in [5.41, 5.74) is 0. The van der Waals surface area contributed by atoms with E-state index in [1.165, 1.54) is 0 Å². The van der Waals surface area contributed by atoms with Crippen LogP contribution in [0.3, 0.4) is 0 Å². The van der Waals surface area contributed by atoms with Gasteiger partial charge in [0.05, 0.1) is 0 Å². The first kappa shape index (κ1) is 11.1. The van der Waals surface area contributed by atoms with E-state index in [-0.39, 0.29) is 0 Å². The molecule has 0 saturated heterocycles. The monoisotopic (exact) mass is 186 g/mol. The highest BCUT2D eigenvalue weighted by Crippen LogP contribution is 1.92. The molecule has 0 amide bonds. The van der Waals surface area contributed by atoms with Gasteiger partial charge in [0, 0.05) is 18.2 Å². The lowest BCUT2D eigenvalue weighted by atomic mass is 10.6. The molecule has 0 aromatic rings. The van der Waals surface area contributed by atoms with Gasteiger partial charge in [0.2, 0.25) is 0 Å². The number of rotatable bonds is 1. The highest BCUT2D eigenvalue weighted by atomic mass is 17.1. The molecule has 1 N–H and O–H groups in total. The van der Waals surface area contributed by atoms with Crippen LogP contribution in [0.2, 0.25) is 0 Å². The van der Waals surface area contributed by atoms with Gasteiger partial charge in [-0.25, -0.2) is 14.4 Å². The standard InChI is InChI=1S/C4H2O3.C3H4O3/c5-3-1-2-4(6)7-3;1-2-3(4)6-5/h1-2H;2,5H,1H2. The summed E-state index contributed by atoms with van der Waals surface area (Å²) < 4.78 is 3.97. The van der Waals surface area contributed by atoms with Crippen molar-refractivity contribution in [2.45, 2.75) is 0 Å². The molecule has 0 spiro atoms. The molecule has 0 saturated carbocycles. The zero-order valence-corrected chi connectivity index (χ0v) is 6.43. The smallest absolute Gasteiger partial charge is 0.365 e. The Balaban J connectivity index is 0.000000226. The third kappa shape index (κ3) is 5.33. The predicted molar refractivity (Wildman–Crippen MR) is 39.2 cm³/mol. The number of esters is 2. The fraction of sp³-hybridized carbons (Fsp3) is 0. The minimum atomic E-state index is -0.838. The van der Waals surface area contributed by atoms with Crippen molar-refractivity contribution < 1.29 is 29.3 Å². The Morgan fingerprint density at radius 1 is 1.46 bits per heavy atom. The van der Waals surface area contributed by atoms with Crippen LogP contribution in [0.1, 0.15) is 0 Å². The van der Waals surface area contributed by atoms with Crippen molar-refractivity contribution in [3.05, 3.63) is 24.8 Å². The van der Waals surface area contributed by atoms with Gasteiger partial charge in [-0.05, 0) is 0 Å². The van der Waals surface area contributed by atoms with E-state index in [0.717, 1.165) is 18.2 Å². The van der Waals surface area contributed by atoms with Crippen LogP contribution in [0.15, 0.2) is 24.8 Å². The summed E-state index contributed by atoms with van der Waals surface area (Å²) in [7, 11) is 0. The lowest BCUT2D eigenvalue weighted by Crippen LogP contribution is -1.96. The quantitative estimate of drug-likeness (QED) is 0.201. The first-order valence-corrected chi connectivity index (χ1v) is 3.01. The van der Waals surface area contributed by atoms with Crippen LogP contribution in [-0.4, -0.2) is 23.2 Å². The molecule has 1 rings (SSSR count). The van der Waals surface area contributed by atoms with E-state index >= 15 is 0 Å². The summed E-state index contributed by atoms with van der Waals surface area (Å²) in [4.78, 5) is 32.6. The number of hydrogen-bond acceptors (Lipinski definition) is 6. The number of cyclic esters (lactones) is 2. The van der Waals surface area contributed by atoms with Crippen LogP contribution in [0, 0.1) is 0 Å². The van der Waals surface area contributed by atoms with Crippen LogP contribution in [0.25, 0.3) is 0 Å². The maximum Gasteiger partial charge on any atom is 0.365 e. The second-order valence-corrected chi connectivity index (χ2v) is 1.69. The van der Waals surface area contributed by atoms with Crippen LogP contribution in [0.4, 0.5) is 0 Å². The Morgan fingerprint density at radius 2 is 1.92 bits per heavy atom. The molecule has 13 heavy (non-hydrogen) atoms. The number of carbonyl (C=O) groups is 3. The summed E-state index contributed by atoms with van der Waals surface area (Å²) in [6.07, 6.45) is 3.03. The molecule has 1 aliphatic rings. The van der Waals surface area contributed by atoms with Gasteiger partial charge in [0.1, 0.15) is 0 Å². The topological polar surface area (TPSA) is 89.9 Å². The summed E-state index contributed by atoms with van der Waals surface area (Å²) in [5, 5.41) is 7.41. The second-order valence-electron chi connectivity index (χ2n) is 1.69. The molecule has 0 aromatic heterocycles. The predicted octanol–water partition coefficient (Wildman–Crippen LogP) is -0.185. The lowest BCUT2D eigenvalue weighted by molar-refractivity contribution is -0.228. The summed E-state index contributed by atoms with van der Waals surface area (Å²) in [6, 6.07) is 0. The molecular weight excluding hydrogens is 180 g/mol. The molecule has 0 aliphatic carbocycles. The molecule has 0 bridgehead atoms. The number of ether oxygens (including phenoxy) is 1. The Morgan fingerprint density at radius 3 is 2.00 bits per heavy atom. The van der Waals surface area contributed by atoms with Crippen LogP contribution in [-0.2, 0) is 24.0 Å². The molecule has 0 atom stereocenters. The van der Waals surface area contributed by atoms with Gasteiger partial charge in [0.25, 0.3) is 0 Å². The van der Waals surface area contributed by atoms with E-state index in [4.69, 9.17) is 5.26 Å². The van der Waals surface area contributed by atoms with Crippen LogP contribution >= 0.6 is 0 Å².